The highest BCUT2D eigenvalue weighted by Crippen LogP contribution is 2.22. The molecule has 0 aromatic carbocycles. The topological polar surface area (TPSA) is 56.0 Å². The van der Waals surface area contributed by atoms with Crippen LogP contribution in [0.4, 0.5) is 17.6 Å². The summed E-state index contributed by atoms with van der Waals surface area (Å²) in [5.74, 6) is -4.30. The van der Waals surface area contributed by atoms with Crippen LogP contribution >= 0.6 is 0 Å². The van der Waals surface area contributed by atoms with E-state index in [0.29, 0.717) is 6.07 Å². The van der Waals surface area contributed by atoms with Crippen molar-refractivity contribution in [3.63, 3.8) is 0 Å². The van der Waals surface area contributed by atoms with Crippen LogP contribution < -0.4 is 5.73 Å². The normalized spacial score (nSPS) is 10.6. The van der Waals surface area contributed by atoms with Crippen molar-refractivity contribution in [2.75, 3.05) is 0 Å². The van der Waals surface area contributed by atoms with Gasteiger partial charge in [0, 0.05) is 6.07 Å². The Bertz CT molecular complexity index is 380. The number of nitrogens with two attached hydrogens (primary N) is 1. The number of aromatic nitrogens is 1. The number of nitrogens with zero attached hydrogens (tertiary/aromatic N) is 1. The van der Waals surface area contributed by atoms with Crippen molar-refractivity contribution in [3.05, 3.63) is 29.1 Å². The van der Waals surface area contributed by atoms with Crippen molar-refractivity contribution < 1.29 is 22.4 Å². The molecule has 0 saturated heterocycles. The van der Waals surface area contributed by atoms with E-state index in [4.69, 9.17) is 0 Å². The molecule has 14 heavy (non-hydrogen) atoms. The van der Waals surface area contributed by atoms with Crippen LogP contribution in [0, 0.1) is 11.8 Å². The SMILES string of the molecule is NC(=O)c1cc(F)nc(C(F)F)c1F. The molecule has 2 N–H and O–H groups in total. The van der Waals surface area contributed by atoms with E-state index < -0.39 is 35.4 Å². The lowest BCUT2D eigenvalue weighted by molar-refractivity contribution is 0.0992. The molecule has 0 unspecified atom stereocenters. The Morgan fingerprint density at radius 1 is 1.43 bits per heavy atom. The quantitative estimate of drug-likeness (QED) is 0.589. The Balaban J connectivity index is 3.40. The summed E-state index contributed by atoms with van der Waals surface area (Å²) in [6.45, 7) is 0. The monoisotopic (exact) mass is 208 g/mol. The number of carbonyl (C=O) groups is 1. The first-order valence-corrected chi connectivity index (χ1v) is 3.37. The third-order valence-electron chi connectivity index (χ3n) is 1.42. The number of pyridine rings is 1. The van der Waals surface area contributed by atoms with Crippen molar-refractivity contribution in [1.29, 1.82) is 0 Å². The number of hydrogen-bond acceptors (Lipinski definition) is 2. The second-order valence-corrected chi connectivity index (χ2v) is 2.36. The largest absolute Gasteiger partial charge is 0.366 e. The van der Waals surface area contributed by atoms with Gasteiger partial charge in [-0.3, -0.25) is 4.79 Å². The number of hydrogen-bond donors (Lipinski definition) is 1. The number of amides is 1. The Labute approximate surface area is 75.5 Å². The minimum atomic E-state index is -3.30. The zero-order chi connectivity index (χ0) is 10.9. The van der Waals surface area contributed by atoms with Gasteiger partial charge in [0.05, 0.1) is 5.56 Å². The molecule has 0 saturated carbocycles. The van der Waals surface area contributed by atoms with E-state index in [9.17, 15) is 22.4 Å². The molecule has 0 radical (unpaired) electrons. The van der Waals surface area contributed by atoms with E-state index in [2.05, 4.69) is 10.7 Å². The summed E-state index contributed by atoms with van der Waals surface area (Å²) in [4.78, 5) is 13.1. The van der Waals surface area contributed by atoms with E-state index >= 15 is 0 Å². The maximum Gasteiger partial charge on any atom is 0.283 e. The summed E-state index contributed by atoms with van der Waals surface area (Å²) in [6.07, 6.45) is -3.30. The molecule has 0 spiro atoms. The molecule has 1 aromatic heterocycles. The van der Waals surface area contributed by atoms with E-state index in [1.165, 1.54) is 0 Å². The average Bonchev–Trinajstić information content (AvgIpc) is 2.07. The maximum atomic E-state index is 12.9. The smallest absolute Gasteiger partial charge is 0.283 e. The summed E-state index contributed by atoms with van der Waals surface area (Å²) >= 11 is 0. The first-order valence-electron chi connectivity index (χ1n) is 3.37. The van der Waals surface area contributed by atoms with E-state index in [1.54, 1.807) is 0 Å². The number of alkyl halides is 2. The molecule has 1 heterocycles. The fraction of sp³-hybridized carbons (Fsp3) is 0.143. The third-order valence-corrected chi connectivity index (χ3v) is 1.42. The second kappa shape index (κ2) is 3.60. The van der Waals surface area contributed by atoms with Crippen molar-refractivity contribution in [2.45, 2.75) is 6.43 Å². The van der Waals surface area contributed by atoms with Crippen molar-refractivity contribution in [3.8, 4) is 0 Å². The highest BCUT2D eigenvalue weighted by molar-refractivity contribution is 5.93. The molecule has 0 aliphatic carbocycles. The van der Waals surface area contributed by atoms with Crippen LogP contribution in [-0.2, 0) is 0 Å². The molecule has 76 valence electrons. The van der Waals surface area contributed by atoms with Crippen molar-refractivity contribution in [2.24, 2.45) is 5.73 Å². The van der Waals surface area contributed by atoms with E-state index in [0.717, 1.165) is 0 Å². The fourth-order valence-corrected chi connectivity index (χ4v) is 0.841. The highest BCUT2D eigenvalue weighted by atomic mass is 19.3. The Morgan fingerprint density at radius 3 is 2.43 bits per heavy atom. The van der Waals surface area contributed by atoms with Gasteiger partial charge in [0.1, 0.15) is 5.69 Å². The molecule has 0 bridgehead atoms. The van der Waals surface area contributed by atoms with Crippen LogP contribution in [0.25, 0.3) is 0 Å². The van der Waals surface area contributed by atoms with Gasteiger partial charge >= 0.3 is 0 Å². The summed E-state index contributed by atoms with van der Waals surface area (Å²) in [7, 11) is 0. The molecular formula is C7H4F4N2O. The van der Waals surface area contributed by atoms with Crippen LogP contribution in [0.3, 0.4) is 0 Å². The first kappa shape index (κ1) is 10.4. The van der Waals surface area contributed by atoms with Gasteiger partial charge in [-0.15, -0.1) is 0 Å². The van der Waals surface area contributed by atoms with Gasteiger partial charge in [0.25, 0.3) is 12.3 Å². The number of rotatable bonds is 2. The molecule has 7 heteroatoms. The molecule has 3 nitrogen and oxygen atoms in total. The predicted octanol–water partition coefficient (Wildman–Crippen LogP) is 1.40. The van der Waals surface area contributed by atoms with Crippen molar-refractivity contribution in [1.82, 2.24) is 4.98 Å². The zero-order valence-electron chi connectivity index (χ0n) is 6.60. The number of halogens is 4. The minimum Gasteiger partial charge on any atom is -0.366 e. The first-order chi connectivity index (χ1) is 6.43. The lowest BCUT2D eigenvalue weighted by atomic mass is 10.2. The van der Waals surface area contributed by atoms with Crippen LogP contribution in [0.1, 0.15) is 22.5 Å². The van der Waals surface area contributed by atoms with Gasteiger partial charge < -0.3 is 5.73 Å². The van der Waals surface area contributed by atoms with Gasteiger partial charge in [-0.05, 0) is 0 Å². The van der Waals surface area contributed by atoms with Crippen molar-refractivity contribution >= 4 is 5.91 Å². The highest BCUT2D eigenvalue weighted by Gasteiger charge is 2.22. The Morgan fingerprint density at radius 2 is 2.00 bits per heavy atom. The average molecular weight is 208 g/mol. The molecule has 1 rings (SSSR count). The molecule has 1 aromatic rings. The fourth-order valence-electron chi connectivity index (χ4n) is 0.841. The summed E-state index contributed by atoms with van der Waals surface area (Å²) in [5.41, 5.74) is 2.28. The maximum absolute atomic E-state index is 12.9. The molecular weight excluding hydrogens is 204 g/mol. The van der Waals surface area contributed by atoms with Gasteiger partial charge in [-0.25, -0.2) is 18.2 Å². The van der Waals surface area contributed by atoms with Crippen LogP contribution in [0.2, 0.25) is 0 Å². The predicted molar refractivity (Wildman–Crippen MR) is 37.6 cm³/mol. The second-order valence-electron chi connectivity index (χ2n) is 2.36. The Kier molecular flexibility index (Phi) is 2.68. The summed E-state index contributed by atoms with van der Waals surface area (Å²) < 4.78 is 49.5. The van der Waals surface area contributed by atoms with Crippen LogP contribution in [0.5, 0.6) is 0 Å². The third kappa shape index (κ3) is 1.81. The molecule has 0 aliphatic rings. The standard InChI is InChI=1S/C7H4F4N2O/c8-3-1-2(7(12)14)4(9)5(13-3)6(10)11/h1,6H,(H2,12,14). The van der Waals surface area contributed by atoms with Gasteiger partial charge in [-0.2, -0.15) is 4.39 Å². The lowest BCUT2D eigenvalue weighted by Gasteiger charge is -2.04. The molecule has 0 atom stereocenters. The summed E-state index contributed by atoms with van der Waals surface area (Å²) in [6, 6.07) is 0.365. The zero-order valence-corrected chi connectivity index (χ0v) is 6.60. The Hall–Kier alpha value is -1.66. The number of carbonyl (C=O) groups excluding carboxylic acids is 1. The van der Waals surface area contributed by atoms with Crippen LogP contribution in [0.15, 0.2) is 6.07 Å². The van der Waals surface area contributed by atoms with Gasteiger partial charge in [0.15, 0.2) is 5.82 Å². The minimum absolute atomic E-state index is 0.365. The summed E-state index contributed by atoms with van der Waals surface area (Å²) in [5, 5.41) is 0. The van der Waals surface area contributed by atoms with Gasteiger partial charge in [-0.1, -0.05) is 0 Å². The van der Waals surface area contributed by atoms with Gasteiger partial charge in [0.2, 0.25) is 5.95 Å². The van der Waals surface area contributed by atoms with E-state index in [1.807, 2.05) is 0 Å². The molecule has 0 fully saturated rings. The lowest BCUT2D eigenvalue weighted by Crippen LogP contribution is -2.16. The molecule has 0 aliphatic heterocycles. The van der Waals surface area contributed by atoms with E-state index in [-0.39, 0.29) is 0 Å². The molecule has 1 amide bonds. The van der Waals surface area contributed by atoms with Crippen LogP contribution in [-0.4, -0.2) is 10.9 Å². The number of primary amides is 1.